The molecule has 15 heavy (non-hydrogen) atoms. The van der Waals surface area contributed by atoms with Crippen molar-refractivity contribution in [3.8, 4) is 0 Å². The van der Waals surface area contributed by atoms with Crippen LogP contribution < -0.4 is 0 Å². The van der Waals surface area contributed by atoms with Crippen LogP contribution in [0.15, 0.2) is 24.4 Å². The van der Waals surface area contributed by atoms with E-state index < -0.39 is 4.92 Å². The maximum Gasteiger partial charge on any atom is 0.278 e. The molecule has 1 aromatic carbocycles. The lowest BCUT2D eigenvalue weighted by molar-refractivity contribution is -0.385. The fourth-order valence-corrected chi connectivity index (χ4v) is 1.31. The van der Waals surface area contributed by atoms with Crippen LogP contribution in [0.5, 0.6) is 0 Å². The van der Waals surface area contributed by atoms with Gasteiger partial charge in [0.25, 0.3) is 5.69 Å². The first-order valence-corrected chi connectivity index (χ1v) is 4.67. The maximum atomic E-state index is 10.7. The van der Waals surface area contributed by atoms with Gasteiger partial charge in [-0.3, -0.25) is 10.1 Å². The summed E-state index contributed by atoms with van der Waals surface area (Å²) in [4.78, 5) is 12.1. The summed E-state index contributed by atoms with van der Waals surface area (Å²) >= 11 is 5.88. The van der Waals surface area contributed by atoms with E-state index >= 15 is 0 Å². The van der Waals surface area contributed by atoms with Gasteiger partial charge in [-0.25, -0.2) is 0 Å². The summed E-state index contributed by atoms with van der Waals surface area (Å²) in [5.41, 5.74) is 0.443. The lowest BCUT2D eigenvalue weighted by atomic mass is 10.2. The van der Waals surface area contributed by atoms with Gasteiger partial charge in [-0.2, -0.15) is 0 Å². The number of halogens is 1. The highest BCUT2D eigenvalue weighted by Crippen LogP contribution is 2.27. The molecule has 0 atom stereocenters. The predicted molar refractivity (Wildman–Crippen MR) is 60.8 cm³/mol. The van der Waals surface area contributed by atoms with Crippen LogP contribution in [-0.4, -0.2) is 23.9 Å². The van der Waals surface area contributed by atoms with Crippen LogP contribution >= 0.6 is 11.6 Å². The molecule has 5 heteroatoms. The Morgan fingerprint density at radius 1 is 1.47 bits per heavy atom. The Hall–Kier alpha value is -1.55. The Labute approximate surface area is 92.9 Å². The lowest BCUT2D eigenvalue weighted by Gasteiger charge is -2.04. The van der Waals surface area contributed by atoms with E-state index in [0.29, 0.717) is 10.6 Å². The topological polar surface area (TPSA) is 46.4 Å². The second kappa shape index (κ2) is 4.79. The van der Waals surface area contributed by atoms with E-state index in [4.69, 9.17) is 11.6 Å². The molecule has 0 radical (unpaired) electrons. The van der Waals surface area contributed by atoms with Crippen LogP contribution in [0.3, 0.4) is 0 Å². The van der Waals surface area contributed by atoms with E-state index in [0.717, 1.165) is 0 Å². The lowest BCUT2D eigenvalue weighted by Crippen LogP contribution is -2.00. The Balaban J connectivity index is 3.19. The zero-order valence-corrected chi connectivity index (χ0v) is 9.23. The molecule has 0 saturated heterocycles. The number of hydrogen-bond acceptors (Lipinski definition) is 3. The monoisotopic (exact) mass is 226 g/mol. The quantitative estimate of drug-likeness (QED) is 0.588. The van der Waals surface area contributed by atoms with Gasteiger partial charge in [0, 0.05) is 20.2 Å². The summed E-state index contributed by atoms with van der Waals surface area (Å²) in [6, 6.07) is 4.62. The minimum Gasteiger partial charge on any atom is -0.383 e. The summed E-state index contributed by atoms with van der Waals surface area (Å²) in [7, 11) is 3.67. The van der Waals surface area contributed by atoms with Gasteiger partial charge in [0.1, 0.15) is 0 Å². The predicted octanol–water partition coefficient (Wildman–Crippen LogP) is 2.78. The Morgan fingerprint density at radius 3 is 2.67 bits per heavy atom. The molecule has 0 saturated carbocycles. The minimum absolute atomic E-state index is 0.0144. The number of hydrogen-bond donors (Lipinski definition) is 0. The van der Waals surface area contributed by atoms with Gasteiger partial charge in [-0.15, -0.1) is 0 Å². The molecule has 4 nitrogen and oxygen atoms in total. The van der Waals surface area contributed by atoms with E-state index in [2.05, 4.69) is 0 Å². The largest absolute Gasteiger partial charge is 0.383 e. The van der Waals surface area contributed by atoms with Crippen molar-refractivity contribution in [2.24, 2.45) is 0 Å². The van der Waals surface area contributed by atoms with Gasteiger partial charge in [0.05, 0.1) is 15.5 Å². The molecule has 0 aliphatic carbocycles. The van der Waals surface area contributed by atoms with Gasteiger partial charge in [-0.05, 0) is 18.3 Å². The number of benzene rings is 1. The van der Waals surface area contributed by atoms with Crippen LogP contribution in [0.25, 0.3) is 6.08 Å². The van der Waals surface area contributed by atoms with E-state index in [-0.39, 0.29) is 5.69 Å². The molecule has 0 amide bonds. The normalized spacial score (nSPS) is 10.6. The van der Waals surface area contributed by atoms with Crippen LogP contribution in [0.2, 0.25) is 5.02 Å². The zero-order valence-electron chi connectivity index (χ0n) is 8.48. The first kappa shape index (κ1) is 11.5. The van der Waals surface area contributed by atoms with Crippen molar-refractivity contribution in [3.05, 3.63) is 45.1 Å². The van der Waals surface area contributed by atoms with Crippen molar-refractivity contribution in [2.75, 3.05) is 14.1 Å². The molecule has 1 rings (SSSR count). The number of rotatable bonds is 3. The molecule has 0 bridgehead atoms. The molecule has 0 unspecified atom stereocenters. The van der Waals surface area contributed by atoms with Gasteiger partial charge in [0.15, 0.2) is 0 Å². The third-order valence-corrected chi connectivity index (χ3v) is 2.10. The first-order chi connectivity index (χ1) is 7.02. The number of nitrogens with zero attached hydrogens (tertiary/aromatic N) is 2. The Morgan fingerprint density at radius 2 is 2.13 bits per heavy atom. The molecule has 0 fully saturated rings. The van der Waals surface area contributed by atoms with Gasteiger partial charge in [-0.1, -0.05) is 17.7 Å². The SMILES string of the molecule is CN(C)/C=C/c1c(Cl)cccc1[N+](=O)[O-]. The van der Waals surface area contributed by atoms with Crippen molar-refractivity contribution in [1.82, 2.24) is 4.90 Å². The molecule has 0 heterocycles. The van der Waals surface area contributed by atoms with Gasteiger partial charge >= 0.3 is 0 Å². The highest BCUT2D eigenvalue weighted by Gasteiger charge is 2.13. The van der Waals surface area contributed by atoms with Crippen LogP contribution in [-0.2, 0) is 0 Å². The van der Waals surface area contributed by atoms with Crippen molar-refractivity contribution >= 4 is 23.4 Å². The summed E-state index contributed by atoms with van der Waals surface area (Å²) in [6.45, 7) is 0. The molecular weight excluding hydrogens is 216 g/mol. The second-order valence-corrected chi connectivity index (χ2v) is 3.62. The fourth-order valence-electron chi connectivity index (χ4n) is 1.07. The molecule has 0 spiro atoms. The fraction of sp³-hybridized carbons (Fsp3) is 0.200. The van der Waals surface area contributed by atoms with E-state index in [1.807, 2.05) is 14.1 Å². The maximum absolute atomic E-state index is 10.7. The molecular formula is C10H11ClN2O2. The standard InChI is InChI=1S/C10H11ClN2O2/c1-12(2)7-6-8-9(11)4-3-5-10(8)13(14)15/h3-7H,1-2H3/b7-6+. The van der Waals surface area contributed by atoms with Crippen LogP contribution in [0.4, 0.5) is 5.69 Å². The average Bonchev–Trinajstić information content (AvgIpc) is 2.15. The van der Waals surface area contributed by atoms with Crippen LogP contribution in [0.1, 0.15) is 5.56 Å². The van der Waals surface area contributed by atoms with Crippen molar-refractivity contribution in [1.29, 1.82) is 0 Å². The second-order valence-electron chi connectivity index (χ2n) is 3.21. The van der Waals surface area contributed by atoms with E-state index in [1.165, 1.54) is 6.07 Å². The first-order valence-electron chi connectivity index (χ1n) is 4.30. The molecule has 0 aliphatic rings. The van der Waals surface area contributed by atoms with Crippen molar-refractivity contribution in [3.63, 3.8) is 0 Å². The molecule has 1 aromatic rings. The number of nitro groups is 1. The highest BCUT2D eigenvalue weighted by atomic mass is 35.5. The third kappa shape index (κ3) is 2.95. The summed E-state index contributed by atoms with van der Waals surface area (Å²) in [5, 5.41) is 11.1. The third-order valence-electron chi connectivity index (χ3n) is 1.77. The highest BCUT2D eigenvalue weighted by molar-refractivity contribution is 6.32. The minimum atomic E-state index is -0.443. The van der Waals surface area contributed by atoms with E-state index in [9.17, 15) is 10.1 Å². The molecule has 0 aromatic heterocycles. The summed E-state index contributed by atoms with van der Waals surface area (Å²) in [6.07, 6.45) is 3.34. The van der Waals surface area contributed by atoms with E-state index in [1.54, 1.807) is 29.3 Å². The van der Waals surface area contributed by atoms with Crippen molar-refractivity contribution < 1.29 is 4.92 Å². The number of nitro benzene ring substituents is 1. The molecule has 0 N–H and O–H groups in total. The summed E-state index contributed by atoms with van der Waals surface area (Å²) < 4.78 is 0. The van der Waals surface area contributed by atoms with Gasteiger partial charge < -0.3 is 4.90 Å². The smallest absolute Gasteiger partial charge is 0.278 e. The summed E-state index contributed by atoms with van der Waals surface area (Å²) in [5.74, 6) is 0. The Bertz CT molecular complexity index is 402. The Kier molecular flexibility index (Phi) is 3.68. The average molecular weight is 227 g/mol. The zero-order chi connectivity index (χ0) is 11.4. The molecule has 80 valence electrons. The van der Waals surface area contributed by atoms with Gasteiger partial charge in [0.2, 0.25) is 0 Å². The molecule has 0 aliphatic heterocycles. The van der Waals surface area contributed by atoms with Crippen LogP contribution in [0, 0.1) is 10.1 Å². The van der Waals surface area contributed by atoms with Crippen molar-refractivity contribution in [2.45, 2.75) is 0 Å².